The molecule has 3 rings (SSSR count). The first-order chi connectivity index (χ1) is 10.5. The van der Waals surface area contributed by atoms with E-state index in [-0.39, 0.29) is 0 Å². The van der Waals surface area contributed by atoms with Crippen LogP contribution in [0, 0.1) is 21.4 Å². The van der Waals surface area contributed by atoms with Gasteiger partial charge in [0.05, 0.1) is 15.8 Å². The van der Waals surface area contributed by atoms with Gasteiger partial charge < -0.3 is 10.3 Å². The van der Waals surface area contributed by atoms with Crippen molar-refractivity contribution < 1.29 is 18.0 Å². The van der Waals surface area contributed by atoms with Crippen molar-refractivity contribution in [3.05, 3.63) is 57.3 Å². The molecule has 1 aromatic heterocycles. The zero-order valence-electron chi connectivity index (χ0n) is 10.7. The van der Waals surface area contributed by atoms with Crippen LogP contribution in [-0.2, 0) is 0 Å². The van der Waals surface area contributed by atoms with Gasteiger partial charge in [0.25, 0.3) is 5.91 Å². The summed E-state index contributed by atoms with van der Waals surface area (Å²) in [5.74, 6) is -5.40. The normalized spacial score (nSPS) is 10.9. The van der Waals surface area contributed by atoms with Crippen LogP contribution in [0.15, 0.2) is 30.3 Å². The molecular weight excluding hydrogens is 333 g/mol. The number of carbonyl (C=O) groups is 1. The standard InChI is InChI=1S/C14H7F3N2OS2/c15-8-3-2-7(11(16)12(8)17)13(20)18-6-1-4-9-10(5-6)22-14(21)19-9/h1-5H,(H,18,20)(H,19,21). The minimum atomic E-state index is -1.67. The van der Waals surface area contributed by atoms with Crippen molar-refractivity contribution in [1.29, 1.82) is 0 Å². The maximum absolute atomic E-state index is 13.6. The van der Waals surface area contributed by atoms with Crippen molar-refractivity contribution in [3.8, 4) is 0 Å². The first-order valence-corrected chi connectivity index (χ1v) is 7.26. The molecule has 0 unspecified atom stereocenters. The molecule has 1 amide bonds. The highest BCUT2D eigenvalue weighted by molar-refractivity contribution is 7.73. The average Bonchev–Trinajstić information content (AvgIpc) is 2.84. The van der Waals surface area contributed by atoms with E-state index >= 15 is 0 Å². The summed E-state index contributed by atoms with van der Waals surface area (Å²) in [6.45, 7) is 0. The first kappa shape index (κ1) is 14.7. The molecule has 0 radical (unpaired) electrons. The SMILES string of the molecule is O=C(Nc1ccc2[nH]c(=S)sc2c1)c1ccc(F)c(F)c1F. The molecule has 2 aromatic carbocycles. The van der Waals surface area contributed by atoms with Gasteiger partial charge in [0.15, 0.2) is 21.4 Å². The number of carbonyl (C=O) groups excluding carboxylic acids is 1. The van der Waals surface area contributed by atoms with E-state index in [9.17, 15) is 18.0 Å². The first-order valence-electron chi connectivity index (χ1n) is 6.03. The van der Waals surface area contributed by atoms with Gasteiger partial charge in [-0.2, -0.15) is 0 Å². The summed E-state index contributed by atoms with van der Waals surface area (Å²) in [4.78, 5) is 14.9. The molecule has 0 spiro atoms. The molecule has 0 saturated carbocycles. The second-order valence-electron chi connectivity index (χ2n) is 4.40. The largest absolute Gasteiger partial charge is 0.337 e. The molecule has 0 aliphatic heterocycles. The Morgan fingerprint density at radius 1 is 1.14 bits per heavy atom. The zero-order chi connectivity index (χ0) is 15.9. The van der Waals surface area contributed by atoms with Crippen LogP contribution in [-0.4, -0.2) is 10.9 Å². The van der Waals surface area contributed by atoms with E-state index in [1.54, 1.807) is 18.2 Å². The van der Waals surface area contributed by atoms with E-state index in [1.165, 1.54) is 11.3 Å². The number of nitrogens with one attached hydrogen (secondary N) is 2. The molecule has 0 bridgehead atoms. The van der Waals surface area contributed by atoms with Gasteiger partial charge in [0, 0.05) is 5.69 Å². The van der Waals surface area contributed by atoms with E-state index in [2.05, 4.69) is 10.3 Å². The smallest absolute Gasteiger partial charge is 0.258 e. The van der Waals surface area contributed by atoms with Gasteiger partial charge in [0.2, 0.25) is 0 Å². The Balaban J connectivity index is 1.92. The zero-order valence-corrected chi connectivity index (χ0v) is 12.4. The van der Waals surface area contributed by atoms with Crippen molar-refractivity contribution in [2.75, 3.05) is 5.32 Å². The van der Waals surface area contributed by atoms with Crippen LogP contribution in [0.3, 0.4) is 0 Å². The Hall–Kier alpha value is -2.19. The number of thiazole rings is 1. The number of benzene rings is 2. The summed E-state index contributed by atoms with van der Waals surface area (Å²) in [6, 6.07) is 6.55. The van der Waals surface area contributed by atoms with Crippen molar-refractivity contribution in [2.45, 2.75) is 0 Å². The molecule has 0 saturated heterocycles. The van der Waals surface area contributed by atoms with Crippen LogP contribution >= 0.6 is 23.6 Å². The molecule has 112 valence electrons. The van der Waals surface area contributed by atoms with E-state index in [4.69, 9.17) is 12.2 Å². The van der Waals surface area contributed by atoms with Crippen molar-refractivity contribution in [1.82, 2.24) is 4.98 Å². The van der Waals surface area contributed by atoms with Crippen molar-refractivity contribution in [3.63, 3.8) is 0 Å². The Kier molecular flexibility index (Phi) is 3.71. The van der Waals surface area contributed by atoms with Crippen LogP contribution in [0.5, 0.6) is 0 Å². The van der Waals surface area contributed by atoms with E-state index in [0.29, 0.717) is 15.7 Å². The highest BCUT2D eigenvalue weighted by atomic mass is 32.1. The van der Waals surface area contributed by atoms with Gasteiger partial charge in [-0.15, -0.1) is 11.3 Å². The van der Waals surface area contributed by atoms with Gasteiger partial charge in [-0.05, 0) is 42.5 Å². The number of H-pyrrole nitrogens is 1. The molecule has 8 heteroatoms. The third-order valence-corrected chi connectivity index (χ3v) is 4.16. The highest BCUT2D eigenvalue weighted by Crippen LogP contribution is 2.24. The van der Waals surface area contributed by atoms with Gasteiger partial charge in [-0.25, -0.2) is 13.2 Å². The number of hydrogen-bond donors (Lipinski definition) is 2. The fourth-order valence-corrected chi connectivity index (χ4v) is 3.08. The molecular formula is C14H7F3N2OS2. The minimum absolute atomic E-state index is 0.395. The number of halogens is 3. The number of anilines is 1. The number of rotatable bonds is 2. The molecule has 0 aliphatic rings. The number of aromatic nitrogens is 1. The molecule has 0 fully saturated rings. The Bertz CT molecular complexity index is 949. The lowest BCUT2D eigenvalue weighted by Crippen LogP contribution is -2.15. The summed E-state index contributed by atoms with van der Waals surface area (Å²) < 4.78 is 41.0. The fraction of sp³-hybridized carbons (Fsp3) is 0. The summed E-state index contributed by atoms with van der Waals surface area (Å²) in [5, 5.41) is 2.44. The number of fused-ring (bicyclic) bond motifs is 1. The molecule has 1 heterocycles. The molecule has 3 nitrogen and oxygen atoms in total. The number of hydrogen-bond acceptors (Lipinski definition) is 3. The van der Waals surface area contributed by atoms with Gasteiger partial charge in [-0.1, -0.05) is 0 Å². The maximum atomic E-state index is 13.6. The molecule has 0 atom stereocenters. The minimum Gasteiger partial charge on any atom is -0.337 e. The average molecular weight is 340 g/mol. The second-order valence-corrected chi connectivity index (χ2v) is 6.12. The third-order valence-electron chi connectivity index (χ3n) is 2.96. The monoisotopic (exact) mass is 340 g/mol. The quantitative estimate of drug-likeness (QED) is 0.528. The predicted octanol–water partition coefficient (Wildman–Crippen LogP) is 4.63. The van der Waals surface area contributed by atoms with Crippen molar-refractivity contribution >= 4 is 45.4 Å². The van der Waals surface area contributed by atoms with Crippen LogP contribution in [0.25, 0.3) is 10.2 Å². The molecule has 3 aromatic rings. The van der Waals surface area contributed by atoms with Gasteiger partial charge >= 0.3 is 0 Å². The highest BCUT2D eigenvalue weighted by Gasteiger charge is 2.18. The van der Waals surface area contributed by atoms with Gasteiger partial charge in [-0.3, -0.25) is 4.79 Å². The number of amides is 1. The van der Waals surface area contributed by atoms with Crippen LogP contribution < -0.4 is 5.32 Å². The van der Waals surface area contributed by atoms with Gasteiger partial charge in [0.1, 0.15) is 0 Å². The van der Waals surface area contributed by atoms with Crippen LogP contribution in [0.4, 0.5) is 18.9 Å². The Morgan fingerprint density at radius 3 is 2.68 bits per heavy atom. The maximum Gasteiger partial charge on any atom is 0.258 e. The summed E-state index contributed by atoms with van der Waals surface area (Å²) in [5.41, 5.74) is 0.639. The van der Waals surface area contributed by atoms with E-state index < -0.39 is 28.9 Å². The second kappa shape index (κ2) is 5.54. The van der Waals surface area contributed by atoms with Crippen LogP contribution in [0.1, 0.15) is 10.4 Å². The van der Waals surface area contributed by atoms with E-state index in [1.807, 2.05) is 0 Å². The topological polar surface area (TPSA) is 44.9 Å². The van der Waals surface area contributed by atoms with Crippen molar-refractivity contribution in [2.24, 2.45) is 0 Å². The summed E-state index contributed by atoms with van der Waals surface area (Å²) in [6.07, 6.45) is 0. The lowest BCUT2D eigenvalue weighted by Gasteiger charge is -2.07. The fourth-order valence-electron chi connectivity index (χ4n) is 1.92. The predicted molar refractivity (Wildman–Crippen MR) is 81.3 cm³/mol. The van der Waals surface area contributed by atoms with Crippen LogP contribution in [0.2, 0.25) is 0 Å². The third kappa shape index (κ3) is 2.62. The summed E-state index contributed by atoms with van der Waals surface area (Å²) >= 11 is 6.33. The molecule has 0 aliphatic carbocycles. The Labute approximate surface area is 131 Å². The lowest BCUT2D eigenvalue weighted by molar-refractivity contribution is 0.102. The van der Waals surface area contributed by atoms with E-state index in [0.717, 1.165) is 16.3 Å². The number of aromatic amines is 1. The Morgan fingerprint density at radius 2 is 1.91 bits per heavy atom. The molecule has 22 heavy (non-hydrogen) atoms. The molecule has 2 N–H and O–H groups in total. The summed E-state index contributed by atoms with van der Waals surface area (Å²) in [7, 11) is 0. The lowest BCUT2D eigenvalue weighted by atomic mass is 10.1.